The smallest absolute Gasteiger partial charge is 0.137 e. The third-order valence-corrected chi connectivity index (χ3v) is 3.32. The molecule has 0 radical (unpaired) electrons. The molecule has 0 saturated heterocycles. The quantitative estimate of drug-likeness (QED) is 0.627. The highest BCUT2D eigenvalue weighted by atomic mass is 35.5. The van der Waals surface area contributed by atoms with Crippen molar-refractivity contribution in [2.75, 3.05) is 0 Å². The van der Waals surface area contributed by atoms with Gasteiger partial charge in [0.25, 0.3) is 0 Å². The van der Waals surface area contributed by atoms with E-state index in [4.69, 9.17) is 11.6 Å². The average Bonchev–Trinajstić information content (AvgIpc) is 2.82. The largest absolute Gasteiger partial charge is 0.306 e. The van der Waals surface area contributed by atoms with Crippen molar-refractivity contribution in [3.05, 3.63) is 46.4 Å². The van der Waals surface area contributed by atoms with E-state index in [0.29, 0.717) is 0 Å². The van der Waals surface area contributed by atoms with Crippen LogP contribution in [0.15, 0.2) is 42.0 Å². The molecule has 0 amide bonds. The zero-order chi connectivity index (χ0) is 10.3. The van der Waals surface area contributed by atoms with Crippen LogP contribution in [0, 0.1) is 0 Å². The molecule has 0 N–H and O–H groups in total. The van der Waals surface area contributed by atoms with E-state index in [9.17, 15) is 0 Å². The van der Waals surface area contributed by atoms with E-state index in [1.807, 2.05) is 46.4 Å². The van der Waals surface area contributed by atoms with Gasteiger partial charge in [-0.25, -0.2) is 4.98 Å². The van der Waals surface area contributed by atoms with Crippen LogP contribution in [0.3, 0.4) is 0 Å². The molecule has 3 aromatic rings. The van der Waals surface area contributed by atoms with Gasteiger partial charge in [0.05, 0.1) is 10.0 Å². The van der Waals surface area contributed by atoms with E-state index in [2.05, 4.69) is 4.98 Å². The number of pyridine rings is 1. The molecule has 74 valence electrons. The van der Waals surface area contributed by atoms with Gasteiger partial charge in [-0.05, 0) is 18.2 Å². The van der Waals surface area contributed by atoms with Crippen LogP contribution in [0.1, 0.15) is 0 Å². The summed E-state index contributed by atoms with van der Waals surface area (Å²) in [6, 6.07) is 7.89. The Morgan fingerprint density at radius 3 is 3.00 bits per heavy atom. The molecular formula is C11H7ClN2S. The van der Waals surface area contributed by atoms with Gasteiger partial charge >= 0.3 is 0 Å². The van der Waals surface area contributed by atoms with Gasteiger partial charge in [-0.3, -0.25) is 0 Å². The highest BCUT2D eigenvalue weighted by Crippen LogP contribution is 2.28. The van der Waals surface area contributed by atoms with E-state index >= 15 is 0 Å². The maximum absolute atomic E-state index is 5.89. The summed E-state index contributed by atoms with van der Waals surface area (Å²) in [4.78, 5) is 4.51. The Balaban J connectivity index is 2.19. The first-order chi connectivity index (χ1) is 7.33. The standard InChI is InChI=1S/C11H7ClN2S/c12-10-5-8(7-15-10)9-6-14-4-2-1-3-11(14)13-9/h1-7H. The van der Waals surface area contributed by atoms with Crippen LogP contribution in [-0.4, -0.2) is 9.38 Å². The number of hydrogen-bond acceptors (Lipinski definition) is 2. The van der Waals surface area contributed by atoms with Crippen molar-refractivity contribution >= 4 is 28.6 Å². The maximum atomic E-state index is 5.89. The molecule has 0 spiro atoms. The van der Waals surface area contributed by atoms with Gasteiger partial charge in [-0.15, -0.1) is 11.3 Å². The molecule has 0 aromatic carbocycles. The highest BCUT2D eigenvalue weighted by molar-refractivity contribution is 7.14. The Morgan fingerprint density at radius 2 is 2.27 bits per heavy atom. The van der Waals surface area contributed by atoms with Crippen LogP contribution in [0.2, 0.25) is 4.34 Å². The molecule has 0 aliphatic rings. The number of imidazole rings is 1. The predicted molar refractivity (Wildman–Crippen MR) is 63.5 cm³/mol. The second-order valence-electron chi connectivity index (χ2n) is 3.23. The monoisotopic (exact) mass is 234 g/mol. The van der Waals surface area contributed by atoms with Gasteiger partial charge in [0.1, 0.15) is 5.65 Å². The van der Waals surface area contributed by atoms with Crippen molar-refractivity contribution in [3.63, 3.8) is 0 Å². The van der Waals surface area contributed by atoms with Crippen LogP contribution in [0.4, 0.5) is 0 Å². The number of halogens is 1. The van der Waals surface area contributed by atoms with Crippen molar-refractivity contribution < 1.29 is 0 Å². The number of nitrogens with zero attached hydrogens (tertiary/aromatic N) is 2. The summed E-state index contributed by atoms with van der Waals surface area (Å²) in [5.74, 6) is 0. The lowest BCUT2D eigenvalue weighted by Gasteiger charge is -1.86. The van der Waals surface area contributed by atoms with E-state index in [1.54, 1.807) is 0 Å². The first-order valence-corrected chi connectivity index (χ1v) is 5.77. The molecule has 0 atom stereocenters. The Hall–Kier alpha value is -1.32. The van der Waals surface area contributed by atoms with Crippen LogP contribution in [0.5, 0.6) is 0 Å². The van der Waals surface area contributed by atoms with Gasteiger partial charge < -0.3 is 4.40 Å². The minimum atomic E-state index is 0.794. The second kappa shape index (κ2) is 3.36. The molecular weight excluding hydrogens is 228 g/mol. The minimum absolute atomic E-state index is 0.794. The van der Waals surface area contributed by atoms with Crippen LogP contribution in [0.25, 0.3) is 16.9 Å². The van der Waals surface area contributed by atoms with Gasteiger partial charge in [-0.2, -0.15) is 0 Å². The summed E-state index contributed by atoms with van der Waals surface area (Å²) in [6.07, 6.45) is 3.99. The fourth-order valence-corrected chi connectivity index (χ4v) is 2.39. The molecule has 3 aromatic heterocycles. The summed E-state index contributed by atoms with van der Waals surface area (Å²) in [5, 5.41) is 2.02. The van der Waals surface area contributed by atoms with Crippen molar-refractivity contribution in [1.82, 2.24) is 9.38 Å². The van der Waals surface area contributed by atoms with E-state index in [1.165, 1.54) is 11.3 Å². The van der Waals surface area contributed by atoms with Gasteiger partial charge in [0.2, 0.25) is 0 Å². The number of hydrogen-bond donors (Lipinski definition) is 0. The minimum Gasteiger partial charge on any atom is -0.306 e. The summed E-state index contributed by atoms with van der Waals surface area (Å²) < 4.78 is 2.79. The van der Waals surface area contributed by atoms with Gasteiger partial charge in [0, 0.05) is 23.3 Å². The van der Waals surface area contributed by atoms with Crippen LogP contribution in [-0.2, 0) is 0 Å². The average molecular weight is 235 g/mol. The normalized spacial score (nSPS) is 11.0. The molecule has 0 unspecified atom stereocenters. The molecule has 15 heavy (non-hydrogen) atoms. The summed E-state index contributed by atoms with van der Waals surface area (Å²) in [7, 11) is 0. The predicted octanol–water partition coefficient (Wildman–Crippen LogP) is 3.72. The second-order valence-corrected chi connectivity index (χ2v) is 4.77. The zero-order valence-electron chi connectivity index (χ0n) is 7.72. The van der Waals surface area contributed by atoms with Crippen molar-refractivity contribution in [2.24, 2.45) is 0 Å². The fraction of sp³-hybridized carbons (Fsp3) is 0. The summed E-state index contributed by atoms with van der Waals surface area (Å²) in [6.45, 7) is 0. The maximum Gasteiger partial charge on any atom is 0.137 e. The Kier molecular flexibility index (Phi) is 2.01. The van der Waals surface area contributed by atoms with Gasteiger partial charge in [-0.1, -0.05) is 17.7 Å². The molecule has 0 fully saturated rings. The van der Waals surface area contributed by atoms with Gasteiger partial charge in [0.15, 0.2) is 0 Å². The zero-order valence-corrected chi connectivity index (χ0v) is 9.29. The summed E-state index contributed by atoms with van der Waals surface area (Å²) >= 11 is 7.42. The van der Waals surface area contributed by atoms with Crippen molar-refractivity contribution in [1.29, 1.82) is 0 Å². The van der Waals surface area contributed by atoms with E-state index < -0.39 is 0 Å². The topological polar surface area (TPSA) is 17.3 Å². The molecule has 2 nitrogen and oxygen atoms in total. The molecule has 0 saturated carbocycles. The fourth-order valence-electron chi connectivity index (χ4n) is 1.52. The lowest BCUT2D eigenvalue weighted by molar-refractivity contribution is 1.19. The highest BCUT2D eigenvalue weighted by Gasteiger charge is 2.05. The molecule has 3 rings (SSSR count). The number of thiophene rings is 1. The number of aromatic nitrogens is 2. The number of rotatable bonds is 1. The Labute approximate surface area is 95.8 Å². The van der Waals surface area contributed by atoms with Crippen molar-refractivity contribution in [3.8, 4) is 11.3 Å². The molecule has 0 bridgehead atoms. The number of fused-ring (bicyclic) bond motifs is 1. The lowest BCUT2D eigenvalue weighted by Crippen LogP contribution is -1.77. The first-order valence-electron chi connectivity index (χ1n) is 4.51. The molecule has 3 heterocycles. The van der Waals surface area contributed by atoms with Crippen molar-refractivity contribution in [2.45, 2.75) is 0 Å². The molecule has 4 heteroatoms. The van der Waals surface area contributed by atoms with E-state index in [-0.39, 0.29) is 0 Å². The third-order valence-electron chi connectivity index (χ3n) is 2.23. The SMILES string of the molecule is Clc1cc(-c2cn3ccccc3n2)cs1. The summed E-state index contributed by atoms with van der Waals surface area (Å²) in [5.41, 5.74) is 2.99. The third kappa shape index (κ3) is 1.54. The lowest BCUT2D eigenvalue weighted by atomic mass is 10.3. The Morgan fingerprint density at radius 1 is 1.33 bits per heavy atom. The molecule has 0 aliphatic carbocycles. The van der Waals surface area contributed by atoms with Crippen LogP contribution < -0.4 is 0 Å². The Bertz CT molecular complexity index is 579. The van der Waals surface area contributed by atoms with E-state index in [0.717, 1.165) is 21.2 Å². The first kappa shape index (κ1) is 8.95. The van der Waals surface area contributed by atoms with Crippen LogP contribution >= 0.6 is 22.9 Å². The molecule has 0 aliphatic heterocycles.